The fourth-order valence-electron chi connectivity index (χ4n) is 2.59. The molecule has 0 aliphatic heterocycles. The Bertz CT molecular complexity index is 995. The minimum Gasteiger partial charge on any atom is -0.496 e. The smallest absolute Gasteiger partial charge is 0.274 e. The van der Waals surface area contributed by atoms with Gasteiger partial charge in [-0.3, -0.25) is 9.78 Å². The van der Waals surface area contributed by atoms with E-state index in [2.05, 4.69) is 21.7 Å². The number of anilines is 2. The van der Waals surface area contributed by atoms with Gasteiger partial charge in [0.2, 0.25) is 0 Å². The average Bonchev–Trinajstić information content (AvgIpc) is 2.73. The zero-order chi connectivity index (χ0) is 19.1. The van der Waals surface area contributed by atoms with Crippen LogP contribution in [0.1, 0.15) is 21.6 Å². The summed E-state index contributed by atoms with van der Waals surface area (Å²) in [6.07, 6.45) is 1.57. The predicted molar refractivity (Wildman–Crippen MR) is 104 cm³/mol. The van der Waals surface area contributed by atoms with Gasteiger partial charge in [0.05, 0.1) is 18.4 Å². The molecule has 1 aromatic heterocycles. The van der Waals surface area contributed by atoms with Crippen LogP contribution in [0.25, 0.3) is 0 Å². The second-order valence-corrected chi connectivity index (χ2v) is 5.71. The van der Waals surface area contributed by atoms with Crippen molar-refractivity contribution in [3.8, 4) is 11.8 Å². The third-order valence-corrected chi connectivity index (χ3v) is 3.96. The Hall–Kier alpha value is -3.85. The first-order chi connectivity index (χ1) is 13.2. The molecule has 3 aromatic rings. The van der Waals surface area contributed by atoms with Crippen LogP contribution >= 0.6 is 0 Å². The zero-order valence-corrected chi connectivity index (χ0v) is 14.8. The van der Waals surface area contributed by atoms with Crippen molar-refractivity contribution in [2.45, 2.75) is 6.54 Å². The van der Waals surface area contributed by atoms with Crippen LogP contribution in [0.15, 0.2) is 66.9 Å². The highest BCUT2D eigenvalue weighted by atomic mass is 16.5. The highest BCUT2D eigenvalue weighted by Gasteiger charge is 2.11. The number of carbonyl (C=O) groups excluding carboxylic acids is 1. The van der Waals surface area contributed by atoms with Gasteiger partial charge in [0.15, 0.2) is 0 Å². The average molecular weight is 358 g/mol. The lowest BCUT2D eigenvalue weighted by Gasteiger charge is -2.11. The van der Waals surface area contributed by atoms with Gasteiger partial charge < -0.3 is 15.4 Å². The van der Waals surface area contributed by atoms with Crippen molar-refractivity contribution in [1.29, 1.82) is 5.26 Å². The number of rotatable bonds is 6. The molecule has 134 valence electrons. The standard InChI is InChI=1S/C21H18N4O2/c1-27-20-9-5-3-7-16(20)14-24-17-10-11-23-19(12-17)21(26)25-18-8-4-2-6-15(18)13-22/h2-12H,14H2,1H3,(H,23,24)(H,25,26). The summed E-state index contributed by atoms with van der Waals surface area (Å²) in [4.78, 5) is 16.6. The molecule has 0 fully saturated rings. The first kappa shape index (κ1) is 18.0. The van der Waals surface area contributed by atoms with E-state index < -0.39 is 0 Å². The van der Waals surface area contributed by atoms with Crippen LogP contribution in [0, 0.1) is 11.3 Å². The molecule has 0 saturated heterocycles. The second kappa shape index (κ2) is 8.50. The molecule has 3 rings (SSSR count). The summed E-state index contributed by atoms with van der Waals surface area (Å²) in [5.41, 5.74) is 2.88. The molecule has 2 N–H and O–H groups in total. The number of hydrogen-bond acceptors (Lipinski definition) is 5. The van der Waals surface area contributed by atoms with Gasteiger partial charge in [0, 0.05) is 24.0 Å². The number of para-hydroxylation sites is 2. The molecule has 6 heteroatoms. The quantitative estimate of drug-likeness (QED) is 0.699. The van der Waals surface area contributed by atoms with E-state index in [4.69, 9.17) is 10.00 Å². The predicted octanol–water partition coefficient (Wildman–Crippen LogP) is 3.83. The number of nitrogens with one attached hydrogen (secondary N) is 2. The molecule has 0 spiro atoms. The van der Waals surface area contributed by atoms with Crippen molar-refractivity contribution in [3.05, 3.63) is 83.7 Å². The Morgan fingerprint density at radius 3 is 2.74 bits per heavy atom. The molecule has 0 unspecified atom stereocenters. The molecule has 27 heavy (non-hydrogen) atoms. The summed E-state index contributed by atoms with van der Waals surface area (Å²) in [6, 6.07) is 20.1. The number of amides is 1. The van der Waals surface area contributed by atoms with Gasteiger partial charge >= 0.3 is 0 Å². The molecule has 0 aliphatic carbocycles. The van der Waals surface area contributed by atoms with Crippen LogP contribution in [0.3, 0.4) is 0 Å². The van der Waals surface area contributed by atoms with Crippen LogP contribution in [0.5, 0.6) is 5.75 Å². The Balaban J connectivity index is 1.71. The number of nitrogens with zero attached hydrogens (tertiary/aromatic N) is 2. The number of nitriles is 1. The lowest BCUT2D eigenvalue weighted by atomic mass is 10.2. The van der Waals surface area contributed by atoms with Crippen molar-refractivity contribution in [3.63, 3.8) is 0 Å². The molecular weight excluding hydrogens is 340 g/mol. The highest BCUT2D eigenvalue weighted by Crippen LogP contribution is 2.20. The van der Waals surface area contributed by atoms with Gasteiger partial charge in [0.1, 0.15) is 17.5 Å². The van der Waals surface area contributed by atoms with E-state index in [0.29, 0.717) is 17.8 Å². The van der Waals surface area contributed by atoms with Crippen molar-refractivity contribution in [1.82, 2.24) is 4.98 Å². The number of aromatic nitrogens is 1. The van der Waals surface area contributed by atoms with E-state index in [1.54, 1.807) is 49.7 Å². The highest BCUT2D eigenvalue weighted by molar-refractivity contribution is 6.04. The van der Waals surface area contributed by atoms with Crippen molar-refractivity contribution >= 4 is 17.3 Å². The van der Waals surface area contributed by atoms with Gasteiger partial charge in [-0.2, -0.15) is 5.26 Å². The summed E-state index contributed by atoms with van der Waals surface area (Å²) < 4.78 is 5.34. The lowest BCUT2D eigenvalue weighted by molar-refractivity contribution is 0.102. The molecule has 1 amide bonds. The van der Waals surface area contributed by atoms with Gasteiger partial charge in [0.25, 0.3) is 5.91 Å². The van der Waals surface area contributed by atoms with E-state index in [-0.39, 0.29) is 11.6 Å². The summed E-state index contributed by atoms with van der Waals surface area (Å²) in [5.74, 6) is 0.420. The molecule has 2 aromatic carbocycles. The lowest BCUT2D eigenvalue weighted by Crippen LogP contribution is -2.15. The molecule has 0 saturated carbocycles. The topological polar surface area (TPSA) is 87.0 Å². The SMILES string of the molecule is COc1ccccc1CNc1ccnc(C(=O)Nc2ccccc2C#N)c1. The summed E-state index contributed by atoms with van der Waals surface area (Å²) in [7, 11) is 1.63. The minimum atomic E-state index is -0.376. The maximum atomic E-state index is 12.5. The van der Waals surface area contributed by atoms with Crippen molar-refractivity contribution in [2.24, 2.45) is 0 Å². The second-order valence-electron chi connectivity index (χ2n) is 5.71. The number of pyridine rings is 1. The van der Waals surface area contributed by atoms with Gasteiger partial charge in [-0.25, -0.2) is 0 Å². The monoisotopic (exact) mass is 358 g/mol. The Morgan fingerprint density at radius 1 is 1.15 bits per heavy atom. The number of benzene rings is 2. The molecule has 6 nitrogen and oxygen atoms in total. The largest absolute Gasteiger partial charge is 0.496 e. The van der Waals surface area contributed by atoms with Crippen LogP contribution < -0.4 is 15.4 Å². The molecule has 0 radical (unpaired) electrons. The normalized spacial score (nSPS) is 9.93. The summed E-state index contributed by atoms with van der Waals surface area (Å²) in [5, 5.41) is 15.1. The summed E-state index contributed by atoms with van der Waals surface area (Å²) >= 11 is 0. The fourth-order valence-corrected chi connectivity index (χ4v) is 2.59. The van der Waals surface area contributed by atoms with Crippen LogP contribution in [0.4, 0.5) is 11.4 Å². The molecule has 0 aliphatic rings. The maximum absolute atomic E-state index is 12.5. The van der Waals surface area contributed by atoms with Gasteiger partial charge in [-0.1, -0.05) is 30.3 Å². The van der Waals surface area contributed by atoms with Crippen molar-refractivity contribution < 1.29 is 9.53 Å². The molecule has 0 bridgehead atoms. The van der Waals surface area contributed by atoms with E-state index in [0.717, 1.165) is 17.0 Å². The van der Waals surface area contributed by atoms with Gasteiger partial charge in [-0.15, -0.1) is 0 Å². The maximum Gasteiger partial charge on any atom is 0.274 e. The minimum absolute atomic E-state index is 0.257. The Morgan fingerprint density at radius 2 is 1.93 bits per heavy atom. The fraction of sp³-hybridized carbons (Fsp3) is 0.0952. The van der Waals surface area contributed by atoms with E-state index >= 15 is 0 Å². The number of hydrogen-bond donors (Lipinski definition) is 2. The van der Waals surface area contributed by atoms with E-state index in [9.17, 15) is 4.79 Å². The first-order valence-corrected chi connectivity index (χ1v) is 8.33. The van der Waals surface area contributed by atoms with Crippen LogP contribution in [-0.2, 0) is 6.54 Å². The number of carbonyl (C=O) groups is 1. The third kappa shape index (κ3) is 4.41. The van der Waals surface area contributed by atoms with Crippen molar-refractivity contribution in [2.75, 3.05) is 17.7 Å². The van der Waals surface area contributed by atoms with Crippen LogP contribution in [0.2, 0.25) is 0 Å². The number of ether oxygens (including phenoxy) is 1. The third-order valence-electron chi connectivity index (χ3n) is 3.96. The number of methoxy groups -OCH3 is 1. The summed E-state index contributed by atoms with van der Waals surface area (Å²) in [6.45, 7) is 0.548. The zero-order valence-electron chi connectivity index (χ0n) is 14.8. The van der Waals surface area contributed by atoms with E-state index in [1.807, 2.05) is 24.3 Å². The molecular formula is C21H18N4O2. The van der Waals surface area contributed by atoms with E-state index in [1.165, 1.54) is 0 Å². The first-order valence-electron chi connectivity index (χ1n) is 8.33. The molecule has 0 atom stereocenters. The van der Waals surface area contributed by atoms with Crippen LogP contribution in [-0.4, -0.2) is 18.0 Å². The Labute approximate surface area is 157 Å². The molecule has 1 heterocycles. The van der Waals surface area contributed by atoms with Gasteiger partial charge in [-0.05, 0) is 30.3 Å². The Kier molecular flexibility index (Phi) is 5.65.